The van der Waals surface area contributed by atoms with Gasteiger partial charge in [-0.25, -0.2) is 0 Å². The number of amides is 1. The summed E-state index contributed by atoms with van der Waals surface area (Å²) in [5.41, 5.74) is 5.79. The maximum absolute atomic E-state index is 11.9. The molecule has 2 N–H and O–H groups in total. The number of hydrogen-bond donors (Lipinski definition) is 1. The Labute approximate surface area is 94.8 Å². The summed E-state index contributed by atoms with van der Waals surface area (Å²) in [7, 11) is 0. The van der Waals surface area contributed by atoms with E-state index in [1.54, 1.807) is 16.7 Å². The van der Waals surface area contributed by atoms with Crippen molar-refractivity contribution in [2.24, 2.45) is 5.73 Å². The van der Waals surface area contributed by atoms with Gasteiger partial charge in [0, 0.05) is 6.54 Å². The highest BCUT2D eigenvalue weighted by Gasteiger charge is 2.31. The molecule has 84 valence electrons. The van der Waals surface area contributed by atoms with Crippen molar-refractivity contribution < 1.29 is 4.79 Å². The Balaban J connectivity index is 2.48. The van der Waals surface area contributed by atoms with Gasteiger partial charge in [-0.1, -0.05) is 0 Å². The Hall–Kier alpha value is -0.730. The highest BCUT2D eigenvalue weighted by atomic mass is 32.2. The molecule has 1 saturated heterocycles. The third-order valence-electron chi connectivity index (χ3n) is 2.64. The van der Waals surface area contributed by atoms with Gasteiger partial charge in [0.15, 0.2) is 0 Å². The molecular formula is C10H17N3OS. The molecule has 1 aliphatic rings. The van der Waals surface area contributed by atoms with E-state index in [0.717, 1.165) is 18.6 Å². The maximum Gasteiger partial charge on any atom is 0.240 e. The number of carbonyl (C=O) groups excluding carboxylic acids is 1. The van der Waals surface area contributed by atoms with Crippen molar-refractivity contribution in [2.45, 2.75) is 31.3 Å². The Morgan fingerprint density at radius 2 is 2.53 bits per heavy atom. The van der Waals surface area contributed by atoms with E-state index in [2.05, 4.69) is 6.07 Å². The molecule has 0 spiro atoms. The lowest BCUT2D eigenvalue weighted by Gasteiger charge is -2.23. The van der Waals surface area contributed by atoms with Crippen LogP contribution in [0.1, 0.15) is 19.3 Å². The van der Waals surface area contributed by atoms with Crippen LogP contribution in [0.15, 0.2) is 0 Å². The van der Waals surface area contributed by atoms with Crippen LogP contribution in [-0.4, -0.2) is 41.4 Å². The Bertz CT molecular complexity index is 264. The van der Waals surface area contributed by atoms with Gasteiger partial charge >= 0.3 is 0 Å². The van der Waals surface area contributed by atoms with Gasteiger partial charge < -0.3 is 10.6 Å². The minimum absolute atomic E-state index is 0.0619. The van der Waals surface area contributed by atoms with Crippen molar-refractivity contribution in [1.82, 2.24) is 4.90 Å². The van der Waals surface area contributed by atoms with Crippen LogP contribution in [0.2, 0.25) is 0 Å². The molecule has 1 amide bonds. The fourth-order valence-corrected chi connectivity index (χ4v) is 2.24. The second-order valence-corrected chi connectivity index (χ2v) is 4.69. The lowest BCUT2D eigenvalue weighted by Crippen LogP contribution is -2.45. The second-order valence-electron chi connectivity index (χ2n) is 3.71. The first-order valence-corrected chi connectivity index (χ1v) is 6.54. The first-order chi connectivity index (χ1) is 7.20. The average molecular weight is 227 g/mol. The topological polar surface area (TPSA) is 70.1 Å². The number of carbonyl (C=O) groups is 1. The van der Waals surface area contributed by atoms with Gasteiger partial charge in [0.2, 0.25) is 5.91 Å². The zero-order valence-electron chi connectivity index (χ0n) is 8.98. The van der Waals surface area contributed by atoms with Crippen molar-refractivity contribution in [3.63, 3.8) is 0 Å². The Morgan fingerprint density at radius 3 is 3.13 bits per heavy atom. The van der Waals surface area contributed by atoms with Crippen LogP contribution in [0.25, 0.3) is 0 Å². The van der Waals surface area contributed by atoms with Crippen molar-refractivity contribution in [3.8, 4) is 6.07 Å². The van der Waals surface area contributed by atoms with Gasteiger partial charge in [0.1, 0.15) is 6.04 Å². The van der Waals surface area contributed by atoms with Gasteiger partial charge in [-0.2, -0.15) is 17.0 Å². The summed E-state index contributed by atoms with van der Waals surface area (Å²) in [5, 5.41) is 8.85. The molecule has 0 aromatic rings. The van der Waals surface area contributed by atoms with Crippen molar-refractivity contribution in [1.29, 1.82) is 5.26 Å². The summed E-state index contributed by atoms with van der Waals surface area (Å²) < 4.78 is 0. The van der Waals surface area contributed by atoms with E-state index < -0.39 is 6.04 Å². The fraction of sp³-hybridized carbons (Fsp3) is 0.800. The lowest BCUT2D eigenvalue weighted by molar-refractivity contribution is -0.132. The molecule has 1 fully saturated rings. The number of thioether (sulfide) groups is 1. The number of likely N-dealkylation sites (tertiary alicyclic amines) is 1. The van der Waals surface area contributed by atoms with Crippen molar-refractivity contribution >= 4 is 17.7 Å². The van der Waals surface area contributed by atoms with Crippen LogP contribution >= 0.6 is 11.8 Å². The average Bonchev–Trinajstić information content (AvgIpc) is 2.72. The van der Waals surface area contributed by atoms with Gasteiger partial charge in [0.25, 0.3) is 0 Å². The first kappa shape index (κ1) is 12.3. The monoisotopic (exact) mass is 227 g/mol. The van der Waals surface area contributed by atoms with Crippen LogP contribution in [0.4, 0.5) is 0 Å². The number of rotatable bonds is 4. The summed E-state index contributed by atoms with van der Waals surface area (Å²) in [5.74, 6) is 0.825. The molecule has 1 aliphatic heterocycles. The first-order valence-electron chi connectivity index (χ1n) is 5.15. The highest BCUT2D eigenvalue weighted by molar-refractivity contribution is 7.98. The molecule has 1 heterocycles. The van der Waals surface area contributed by atoms with Crippen molar-refractivity contribution in [3.05, 3.63) is 0 Å². The molecule has 2 atom stereocenters. The normalized spacial score (nSPS) is 22.5. The van der Waals surface area contributed by atoms with Gasteiger partial charge in [-0.05, 0) is 31.3 Å². The minimum atomic E-state index is -0.439. The van der Waals surface area contributed by atoms with E-state index in [9.17, 15) is 4.79 Å². The van der Waals surface area contributed by atoms with Crippen LogP contribution < -0.4 is 5.73 Å². The predicted molar refractivity (Wildman–Crippen MR) is 61.3 cm³/mol. The molecule has 0 aliphatic carbocycles. The quantitative estimate of drug-likeness (QED) is 0.762. The number of hydrogen-bond acceptors (Lipinski definition) is 4. The number of nitriles is 1. The molecule has 0 bridgehead atoms. The van der Waals surface area contributed by atoms with Crippen LogP contribution in [-0.2, 0) is 4.79 Å². The molecule has 1 unspecified atom stereocenters. The molecule has 0 aromatic heterocycles. The molecule has 4 nitrogen and oxygen atoms in total. The number of nitrogens with two attached hydrogens (primary N) is 1. The van der Waals surface area contributed by atoms with Crippen LogP contribution in [0.3, 0.4) is 0 Å². The molecule has 0 aromatic carbocycles. The summed E-state index contributed by atoms with van der Waals surface area (Å²) >= 11 is 1.68. The predicted octanol–water partition coefficient (Wildman–Crippen LogP) is 0.581. The summed E-state index contributed by atoms with van der Waals surface area (Å²) in [6.07, 6.45) is 4.39. The molecule has 5 heteroatoms. The molecule has 0 radical (unpaired) electrons. The van der Waals surface area contributed by atoms with E-state index in [-0.39, 0.29) is 11.9 Å². The zero-order chi connectivity index (χ0) is 11.3. The SMILES string of the molecule is CSCC[C@H](N)C(=O)N1CCCC1C#N. The zero-order valence-corrected chi connectivity index (χ0v) is 9.80. The Morgan fingerprint density at radius 1 is 1.80 bits per heavy atom. The molecule has 0 saturated carbocycles. The summed E-state index contributed by atoms with van der Waals surface area (Å²) in [4.78, 5) is 13.5. The smallest absolute Gasteiger partial charge is 0.240 e. The van der Waals surface area contributed by atoms with E-state index in [1.165, 1.54) is 0 Å². The van der Waals surface area contributed by atoms with Gasteiger partial charge in [-0.3, -0.25) is 4.79 Å². The molecule has 15 heavy (non-hydrogen) atoms. The third-order valence-corrected chi connectivity index (χ3v) is 3.28. The van der Waals surface area contributed by atoms with Crippen molar-refractivity contribution in [2.75, 3.05) is 18.6 Å². The van der Waals surface area contributed by atoms with E-state index >= 15 is 0 Å². The largest absolute Gasteiger partial charge is 0.325 e. The standard InChI is InChI=1S/C10H17N3OS/c1-15-6-4-9(12)10(14)13-5-2-3-8(13)7-11/h8-9H,2-6,12H2,1H3/t8?,9-/m0/s1. The van der Waals surface area contributed by atoms with Crippen LogP contribution in [0, 0.1) is 11.3 Å². The fourth-order valence-electron chi connectivity index (χ4n) is 1.75. The maximum atomic E-state index is 11.9. The van der Waals surface area contributed by atoms with Gasteiger partial charge in [0.05, 0.1) is 12.1 Å². The molecular weight excluding hydrogens is 210 g/mol. The molecule has 1 rings (SSSR count). The Kier molecular flexibility index (Phi) is 4.92. The van der Waals surface area contributed by atoms with E-state index in [1.807, 2.05) is 6.26 Å². The highest BCUT2D eigenvalue weighted by Crippen LogP contribution is 2.17. The van der Waals surface area contributed by atoms with Gasteiger partial charge in [-0.15, -0.1) is 0 Å². The summed E-state index contributed by atoms with van der Waals surface area (Å²) in [6, 6.07) is 1.46. The van der Waals surface area contributed by atoms with E-state index in [4.69, 9.17) is 11.0 Å². The minimum Gasteiger partial charge on any atom is -0.325 e. The van der Waals surface area contributed by atoms with E-state index in [0.29, 0.717) is 13.0 Å². The third kappa shape index (κ3) is 3.11. The number of nitrogens with zero attached hydrogens (tertiary/aromatic N) is 2. The lowest BCUT2D eigenvalue weighted by atomic mass is 10.2. The van der Waals surface area contributed by atoms with Crippen LogP contribution in [0.5, 0.6) is 0 Å². The summed E-state index contributed by atoms with van der Waals surface area (Å²) in [6.45, 7) is 0.685. The second kappa shape index (κ2) is 5.99.